The van der Waals surface area contributed by atoms with Crippen LogP contribution in [-0.4, -0.2) is 10.9 Å². The highest BCUT2D eigenvalue weighted by Crippen LogP contribution is 2.19. The minimum atomic E-state index is -1.13. The Morgan fingerprint density at radius 3 is 2.41 bits per heavy atom. The molecule has 0 saturated heterocycles. The highest BCUT2D eigenvalue weighted by molar-refractivity contribution is 5.99. The Bertz CT molecular complexity index is 517. The number of benzene rings is 2. The zero-order chi connectivity index (χ0) is 12.3. The van der Waals surface area contributed by atoms with Gasteiger partial charge in [-0.25, -0.2) is 0 Å². The normalized spacial score (nSPS) is 12.1. The molecule has 2 aromatic rings. The van der Waals surface area contributed by atoms with Gasteiger partial charge in [-0.15, -0.1) is 0 Å². The monoisotopic (exact) mass is 225 g/mol. The van der Waals surface area contributed by atoms with Crippen LogP contribution in [-0.2, 0) is 0 Å². The molecule has 0 spiro atoms. The van der Waals surface area contributed by atoms with Gasteiger partial charge < -0.3 is 5.11 Å². The van der Waals surface area contributed by atoms with Crippen molar-refractivity contribution in [3.8, 4) is 0 Å². The van der Waals surface area contributed by atoms with Crippen LogP contribution in [0.25, 0.3) is 0 Å². The number of hydrogen-bond donors (Lipinski definition) is 1. The first kappa shape index (κ1) is 11.6. The number of rotatable bonds is 3. The Hall–Kier alpha value is -1.93. The number of carbonyl (C=O) groups is 1. The molecule has 1 N–H and O–H groups in total. The van der Waals surface area contributed by atoms with Crippen molar-refractivity contribution in [3.63, 3.8) is 0 Å². The molecule has 0 amide bonds. The van der Waals surface area contributed by atoms with Gasteiger partial charge in [-0.1, -0.05) is 54.6 Å². The predicted octanol–water partition coefficient (Wildman–Crippen LogP) is 2.79. The second-order valence-corrected chi connectivity index (χ2v) is 3.88. The molecule has 0 aliphatic heterocycles. The van der Waals surface area contributed by atoms with E-state index in [-0.39, 0.29) is 5.78 Å². The third kappa shape index (κ3) is 2.60. The van der Waals surface area contributed by atoms with E-state index in [9.17, 15) is 9.90 Å². The topological polar surface area (TPSA) is 37.3 Å². The average molecular weight is 225 g/mol. The fourth-order valence-corrected chi connectivity index (χ4v) is 1.67. The molecule has 0 aliphatic carbocycles. The summed E-state index contributed by atoms with van der Waals surface area (Å²) in [5.74, 6) is -0.295. The molecule has 1 unspecified atom stereocenters. The number of hydrogen-bond acceptors (Lipinski definition) is 2. The minimum absolute atomic E-state index is 0.295. The molecule has 2 rings (SSSR count). The van der Waals surface area contributed by atoms with E-state index < -0.39 is 6.10 Å². The molecule has 2 nitrogen and oxygen atoms in total. The highest BCUT2D eigenvalue weighted by atomic mass is 16.3. The van der Waals surface area contributed by atoms with E-state index in [0.29, 0.717) is 11.1 Å². The smallest absolute Gasteiger partial charge is 0.195 e. The Morgan fingerprint density at radius 1 is 1.06 bits per heavy atom. The van der Waals surface area contributed by atoms with Gasteiger partial charge in [0.25, 0.3) is 0 Å². The fraction of sp³-hybridized carbons (Fsp3) is 0.0667. The van der Waals surface area contributed by atoms with E-state index in [1.165, 1.54) is 0 Å². The van der Waals surface area contributed by atoms with Crippen molar-refractivity contribution in [2.24, 2.45) is 0 Å². The van der Waals surface area contributed by atoms with Gasteiger partial charge >= 0.3 is 0 Å². The van der Waals surface area contributed by atoms with Crippen molar-refractivity contribution in [1.29, 1.82) is 0 Å². The van der Waals surface area contributed by atoms with Crippen LogP contribution >= 0.6 is 0 Å². The van der Waals surface area contributed by atoms with Crippen molar-refractivity contribution in [2.75, 3.05) is 0 Å². The van der Waals surface area contributed by atoms with E-state index >= 15 is 0 Å². The summed E-state index contributed by atoms with van der Waals surface area (Å²) in [5, 5.41) is 9.99. The van der Waals surface area contributed by atoms with E-state index in [1.807, 2.05) is 12.1 Å². The molecule has 0 saturated carbocycles. The van der Waals surface area contributed by atoms with Crippen molar-refractivity contribution < 1.29 is 9.90 Å². The zero-order valence-corrected chi connectivity index (χ0v) is 9.34. The lowest BCUT2D eigenvalue weighted by atomic mass is 9.99. The number of aliphatic hydroxyl groups is 1. The first-order valence-electron chi connectivity index (χ1n) is 5.38. The third-order valence-corrected chi connectivity index (χ3v) is 2.57. The van der Waals surface area contributed by atoms with Crippen molar-refractivity contribution in [1.82, 2.24) is 0 Å². The van der Waals surface area contributed by atoms with Crippen LogP contribution in [0.1, 0.15) is 27.6 Å². The maximum absolute atomic E-state index is 12.0. The Labute approximate surface area is 101 Å². The van der Waals surface area contributed by atoms with Crippen molar-refractivity contribution >= 4 is 5.78 Å². The zero-order valence-electron chi connectivity index (χ0n) is 9.34. The first-order valence-corrected chi connectivity index (χ1v) is 5.38. The molecule has 0 fully saturated rings. The van der Waals surface area contributed by atoms with Crippen LogP contribution in [0.3, 0.4) is 0 Å². The summed E-state index contributed by atoms with van der Waals surface area (Å²) in [4.78, 5) is 12.0. The summed E-state index contributed by atoms with van der Waals surface area (Å²) in [5.41, 5.74) is 1.86. The van der Waals surface area contributed by atoms with Crippen LogP contribution in [0.4, 0.5) is 0 Å². The Morgan fingerprint density at radius 2 is 1.76 bits per heavy atom. The van der Waals surface area contributed by atoms with Gasteiger partial charge in [-0.2, -0.15) is 0 Å². The van der Waals surface area contributed by atoms with Gasteiger partial charge in [0.05, 0.1) is 0 Å². The van der Waals surface area contributed by atoms with Crippen molar-refractivity contribution in [2.45, 2.75) is 6.10 Å². The lowest BCUT2D eigenvalue weighted by Crippen LogP contribution is -2.12. The number of Topliss-reactive ketones (excluding diaryl/α,β-unsaturated/α-hetero) is 1. The van der Waals surface area contributed by atoms with Crippen LogP contribution in [0.15, 0.2) is 54.6 Å². The molecule has 0 heterocycles. The van der Waals surface area contributed by atoms with Gasteiger partial charge in [-0.05, 0) is 18.1 Å². The summed E-state index contributed by atoms with van der Waals surface area (Å²) in [6, 6.07) is 15.8. The maximum atomic E-state index is 12.0. The quantitative estimate of drug-likeness (QED) is 0.815. The van der Waals surface area contributed by atoms with Gasteiger partial charge in [0, 0.05) is 5.56 Å². The van der Waals surface area contributed by atoms with E-state index in [2.05, 4.69) is 6.92 Å². The predicted molar refractivity (Wildman–Crippen MR) is 66.6 cm³/mol. The summed E-state index contributed by atoms with van der Waals surface area (Å²) >= 11 is 0. The van der Waals surface area contributed by atoms with E-state index in [0.717, 1.165) is 5.56 Å². The first-order chi connectivity index (χ1) is 8.18. The molecule has 85 valence electrons. The lowest BCUT2D eigenvalue weighted by Gasteiger charge is -2.10. The number of carbonyl (C=O) groups excluding carboxylic acids is 1. The molecule has 17 heavy (non-hydrogen) atoms. The molecule has 0 aliphatic rings. The summed E-state index contributed by atoms with van der Waals surface area (Å²) < 4.78 is 0. The van der Waals surface area contributed by atoms with Crippen molar-refractivity contribution in [3.05, 3.63) is 78.2 Å². The highest BCUT2D eigenvalue weighted by Gasteiger charge is 2.18. The number of aliphatic hydroxyl groups excluding tert-OH is 1. The molecule has 1 atom stereocenters. The fourth-order valence-electron chi connectivity index (χ4n) is 1.67. The van der Waals surface area contributed by atoms with Crippen LogP contribution < -0.4 is 0 Å². The molecule has 2 heteroatoms. The maximum Gasteiger partial charge on any atom is 0.195 e. The van der Waals surface area contributed by atoms with E-state index in [1.54, 1.807) is 42.5 Å². The summed E-state index contributed by atoms with van der Waals surface area (Å²) in [6.45, 7) is 3.77. The molecule has 0 aromatic heterocycles. The standard InChI is InChI=1S/C15H13O2/c1-11-6-5-9-13(10-11)15(17)14(16)12-7-3-2-4-8-12/h2-10,15,17H,1H2. The SMILES string of the molecule is [CH2]c1cccc(C(O)C(=O)c2ccccc2)c1. The van der Waals surface area contributed by atoms with Crippen LogP contribution in [0, 0.1) is 6.92 Å². The van der Waals surface area contributed by atoms with Crippen LogP contribution in [0.5, 0.6) is 0 Å². The number of ketones is 1. The second kappa shape index (κ2) is 4.93. The molecule has 1 radical (unpaired) electrons. The van der Waals surface area contributed by atoms with Gasteiger partial charge in [0.1, 0.15) is 6.10 Å². The molecular weight excluding hydrogens is 212 g/mol. The van der Waals surface area contributed by atoms with Gasteiger partial charge in [0.15, 0.2) is 5.78 Å². The Balaban J connectivity index is 2.27. The van der Waals surface area contributed by atoms with Gasteiger partial charge in [0.2, 0.25) is 0 Å². The largest absolute Gasteiger partial charge is 0.380 e. The molecule has 0 bridgehead atoms. The third-order valence-electron chi connectivity index (χ3n) is 2.57. The molecular formula is C15H13O2. The minimum Gasteiger partial charge on any atom is -0.380 e. The molecule has 2 aromatic carbocycles. The van der Waals surface area contributed by atoms with Gasteiger partial charge in [-0.3, -0.25) is 4.79 Å². The van der Waals surface area contributed by atoms with E-state index in [4.69, 9.17) is 0 Å². The second-order valence-electron chi connectivity index (χ2n) is 3.88. The lowest BCUT2D eigenvalue weighted by molar-refractivity contribution is 0.0747. The Kier molecular flexibility index (Phi) is 3.35. The summed E-state index contributed by atoms with van der Waals surface area (Å²) in [6.07, 6.45) is -1.13. The van der Waals surface area contributed by atoms with Crippen LogP contribution in [0.2, 0.25) is 0 Å². The summed E-state index contributed by atoms with van der Waals surface area (Å²) in [7, 11) is 0. The average Bonchev–Trinajstić information content (AvgIpc) is 2.38.